The molecular weight excluding hydrogens is 144 g/mol. The molecule has 0 aliphatic carbocycles. The standard InChI is InChI=1S/C8H14O3/c1-5(2)7-3-6(4-9)11-8(7)10/h5-7,9H,3-4H2,1-2H3/t6-,7+/m0/s1. The van der Waals surface area contributed by atoms with Crippen LogP contribution in [0.2, 0.25) is 0 Å². The zero-order chi connectivity index (χ0) is 8.43. The molecule has 1 aliphatic heterocycles. The van der Waals surface area contributed by atoms with Gasteiger partial charge in [-0.05, 0) is 5.92 Å². The highest BCUT2D eigenvalue weighted by atomic mass is 16.6. The number of esters is 1. The van der Waals surface area contributed by atoms with E-state index in [1.54, 1.807) is 0 Å². The Morgan fingerprint density at radius 3 is 2.64 bits per heavy atom. The minimum Gasteiger partial charge on any atom is -0.460 e. The number of carbonyl (C=O) groups is 1. The van der Waals surface area contributed by atoms with Gasteiger partial charge in [-0.2, -0.15) is 0 Å². The lowest BCUT2D eigenvalue weighted by atomic mass is 9.93. The molecule has 0 radical (unpaired) electrons. The second-order valence-electron chi connectivity index (χ2n) is 3.33. The van der Waals surface area contributed by atoms with Crippen molar-refractivity contribution < 1.29 is 14.6 Å². The minimum atomic E-state index is -0.255. The van der Waals surface area contributed by atoms with Gasteiger partial charge in [-0.15, -0.1) is 0 Å². The first kappa shape index (κ1) is 8.53. The lowest BCUT2D eigenvalue weighted by Gasteiger charge is -2.07. The molecule has 1 saturated heterocycles. The van der Waals surface area contributed by atoms with E-state index in [4.69, 9.17) is 9.84 Å². The molecule has 1 N–H and O–H groups in total. The minimum absolute atomic E-state index is 0.00727. The zero-order valence-corrected chi connectivity index (χ0v) is 6.91. The van der Waals surface area contributed by atoms with E-state index < -0.39 is 0 Å². The van der Waals surface area contributed by atoms with E-state index in [0.717, 1.165) is 0 Å². The van der Waals surface area contributed by atoms with Crippen LogP contribution < -0.4 is 0 Å². The van der Waals surface area contributed by atoms with E-state index in [0.29, 0.717) is 12.3 Å². The van der Waals surface area contributed by atoms with Crippen LogP contribution >= 0.6 is 0 Å². The third kappa shape index (κ3) is 1.71. The van der Waals surface area contributed by atoms with Crippen molar-refractivity contribution in [3.05, 3.63) is 0 Å². The fraction of sp³-hybridized carbons (Fsp3) is 0.875. The van der Waals surface area contributed by atoms with Gasteiger partial charge in [-0.1, -0.05) is 13.8 Å². The molecule has 64 valence electrons. The molecule has 0 bridgehead atoms. The van der Waals surface area contributed by atoms with Crippen LogP contribution in [0.15, 0.2) is 0 Å². The van der Waals surface area contributed by atoms with Crippen LogP contribution in [0.4, 0.5) is 0 Å². The highest BCUT2D eigenvalue weighted by Gasteiger charge is 2.35. The summed E-state index contributed by atoms with van der Waals surface area (Å²) in [6, 6.07) is 0. The number of aliphatic hydroxyl groups excluding tert-OH is 1. The lowest BCUT2D eigenvalue weighted by Crippen LogP contribution is -2.13. The summed E-state index contributed by atoms with van der Waals surface area (Å²) in [4.78, 5) is 11.1. The lowest BCUT2D eigenvalue weighted by molar-refractivity contribution is -0.146. The predicted octanol–water partition coefficient (Wildman–Crippen LogP) is 0.566. The summed E-state index contributed by atoms with van der Waals surface area (Å²) in [7, 11) is 0. The first-order valence-electron chi connectivity index (χ1n) is 3.96. The Hall–Kier alpha value is -0.570. The summed E-state index contributed by atoms with van der Waals surface area (Å²) in [6.45, 7) is 3.94. The van der Waals surface area contributed by atoms with Gasteiger partial charge in [0.1, 0.15) is 6.10 Å². The van der Waals surface area contributed by atoms with Gasteiger partial charge in [0.2, 0.25) is 0 Å². The maximum atomic E-state index is 11.1. The van der Waals surface area contributed by atoms with Gasteiger partial charge in [0.25, 0.3) is 0 Å². The number of carbonyl (C=O) groups excluding carboxylic acids is 1. The van der Waals surface area contributed by atoms with Crippen molar-refractivity contribution in [2.45, 2.75) is 26.4 Å². The number of cyclic esters (lactones) is 1. The Labute approximate surface area is 66.4 Å². The molecule has 3 nitrogen and oxygen atoms in total. The van der Waals surface area contributed by atoms with Crippen molar-refractivity contribution in [3.8, 4) is 0 Å². The summed E-state index contributed by atoms with van der Waals surface area (Å²) in [5.74, 6) is 0.158. The number of hydrogen-bond donors (Lipinski definition) is 1. The largest absolute Gasteiger partial charge is 0.460 e. The average Bonchev–Trinajstić information content (AvgIpc) is 2.30. The van der Waals surface area contributed by atoms with E-state index in [9.17, 15) is 4.79 Å². The van der Waals surface area contributed by atoms with Gasteiger partial charge in [-0.3, -0.25) is 4.79 Å². The number of rotatable bonds is 2. The Morgan fingerprint density at radius 2 is 2.36 bits per heavy atom. The quantitative estimate of drug-likeness (QED) is 0.597. The number of aliphatic hydroxyl groups is 1. The monoisotopic (exact) mass is 158 g/mol. The molecule has 1 heterocycles. The van der Waals surface area contributed by atoms with Crippen molar-refractivity contribution in [3.63, 3.8) is 0 Å². The van der Waals surface area contributed by atoms with E-state index in [1.807, 2.05) is 13.8 Å². The van der Waals surface area contributed by atoms with E-state index in [2.05, 4.69) is 0 Å². The molecule has 2 atom stereocenters. The fourth-order valence-corrected chi connectivity index (χ4v) is 1.34. The zero-order valence-electron chi connectivity index (χ0n) is 6.91. The molecule has 1 fully saturated rings. The highest BCUT2D eigenvalue weighted by Crippen LogP contribution is 2.26. The van der Waals surface area contributed by atoms with Crippen LogP contribution in [-0.4, -0.2) is 23.8 Å². The third-order valence-corrected chi connectivity index (χ3v) is 2.11. The summed E-state index contributed by atoms with van der Waals surface area (Å²) in [5.41, 5.74) is 0. The molecule has 0 aromatic heterocycles. The van der Waals surface area contributed by atoms with Gasteiger partial charge in [0.05, 0.1) is 12.5 Å². The van der Waals surface area contributed by atoms with Crippen molar-refractivity contribution in [2.75, 3.05) is 6.61 Å². The van der Waals surface area contributed by atoms with E-state index in [-0.39, 0.29) is 24.6 Å². The van der Waals surface area contributed by atoms with Crippen molar-refractivity contribution in [2.24, 2.45) is 11.8 Å². The topological polar surface area (TPSA) is 46.5 Å². The van der Waals surface area contributed by atoms with Crippen LogP contribution in [0.3, 0.4) is 0 Å². The normalized spacial score (nSPS) is 31.1. The van der Waals surface area contributed by atoms with Gasteiger partial charge in [-0.25, -0.2) is 0 Å². The second-order valence-corrected chi connectivity index (χ2v) is 3.33. The van der Waals surface area contributed by atoms with Crippen molar-refractivity contribution >= 4 is 5.97 Å². The molecular formula is C8H14O3. The number of hydrogen-bond acceptors (Lipinski definition) is 3. The summed E-state index contributed by atoms with van der Waals surface area (Å²) >= 11 is 0. The maximum Gasteiger partial charge on any atom is 0.309 e. The van der Waals surface area contributed by atoms with Crippen LogP contribution in [0.5, 0.6) is 0 Å². The highest BCUT2D eigenvalue weighted by molar-refractivity contribution is 5.74. The van der Waals surface area contributed by atoms with E-state index >= 15 is 0 Å². The molecule has 0 amide bonds. The fourth-order valence-electron chi connectivity index (χ4n) is 1.34. The predicted molar refractivity (Wildman–Crippen MR) is 39.9 cm³/mol. The third-order valence-electron chi connectivity index (χ3n) is 2.11. The molecule has 1 aliphatic rings. The Kier molecular flexibility index (Phi) is 2.49. The van der Waals surface area contributed by atoms with Crippen molar-refractivity contribution in [1.82, 2.24) is 0 Å². The van der Waals surface area contributed by atoms with E-state index in [1.165, 1.54) is 0 Å². The van der Waals surface area contributed by atoms with Gasteiger partial charge in [0, 0.05) is 6.42 Å². The first-order valence-corrected chi connectivity index (χ1v) is 3.96. The molecule has 0 aromatic carbocycles. The summed E-state index contributed by atoms with van der Waals surface area (Å²) in [6.07, 6.45) is 0.419. The summed E-state index contributed by atoms with van der Waals surface area (Å²) in [5, 5.41) is 8.71. The Balaban J connectivity index is 2.52. The molecule has 0 aromatic rings. The second kappa shape index (κ2) is 3.22. The molecule has 0 saturated carbocycles. The van der Waals surface area contributed by atoms with Gasteiger partial charge >= 0.3 is 5.97 Å². The van der Waals surface area contributed by atoms with Gasteiger partial charge < -0.3 is 9.84 Å². The Bertz CT molecular complexity index is 153. The molecule has 11 heavy (non-hydrogen) atoms. The molecule has 0 spiro atoms. The summed E-state index contributed by atoms with van der Waals surface area (Å²) < 4.78 is 4.90. The Morgan fingerprint density at radius 1 is 1.73 bits per heavy atom. The van der Waals surface area contributed by atoms with Gasteiger partial charge in [0.15, 0.2) is 0 Å². The SMILES string of the molecule is CC(C)[C@H]1C[C@@H](CO)OC1=O. The van der Waals surface area contributed by atoms with Crippen molar-refractivity contribution in [1.29, 1.82) is 0 Å². The average molecular weight is 158 g/mol. The number of ether oxygens (including phenoxy) is 1. The molecule has 1 rings (SSSR count). The van der Waals surface area contributed by atoms with Crippen LogP contribution in [0.25, 0.3) is 0 Å². The maximum absolute atomic E-state index is 11.1. The smallest absolute Gasteiger partial charge is 0.309 e. The molecule has 3 heteroatoms. The first-order chi connectivity index (χ1) is 5.15. The van der Waals surface area contributed by atoms with Crippen LogP contribution in [-0.2, 0) is 9.53 Å². The van der Waals surface area contributed by atoms with Crippen LogP contribution in [0, 0.1) is 11.8 Å². The van der Waals surface area contributed by atoms with Crippen LogP contribution in [0.1, 0.15) is 20.3 Å². The molecule has 0 unspecified atom stereocenters.